The SMILES string of the molecule is CCC1COCCN1CCC(NC)c1cccc(F)c1F. The third kappa shape index (κ3) is 3.99. The van der Waals surface area contributed by atoms with Crippen LogP contribution in [0.1, 0.15) is 31.4 Å². The van der Waals surface area contributed by atoms with Crippen LogP contribution >= 0.6 is 0 Å². The predicted molar refractivity (Wildman–Crippen MR) is 79.2 cm³/mol. The summed E-state index contributed by atoms with van der Waals surface area (Å²) in [6.07, 6.45) is 1.78. The van der Waals surface area contributed by atoms with E-state index in [1.807, 2.05) is 0 Å². The number of nitrogens with one attached hydrogen (secondary N) is 1. The molecule has 0 radical (unpaired) electrons. The van der Waals surface area contributed by atoms with Crippen LogP contribution < -0.4 is 5.32 Å². The lowest BCUT2D eigenvalue weighted by Crippen LogP contribution is -2.46. The Morgan fingerprint density at radius 3 is 2.95 bits per heavy atom. The third-order valence-corrected chi connectivity index (χ3v) is 4.23. The molecule has 1 aliphatic heterocycles. The predicted octanol–water partition coefficient (Wildman–Crippen LogP) is 2.73. The van der Waals surface area contributed by atoms with Crippen LogP contribution in [0.25, 0.3) is 0 Å². The zero-order valence-corrected chi connectivity index (χ0v) is 12.7. The van der Waals surface area contributed by atoms with Gasteiger partial charge in [-0.1, -0.05) is 19.1 Å². The summed E-state index contributed by atoms with van der Waals surface area (Å²) < 4.78 is 32.7. The van der Waals surface area contributed by atoms with Crippen LogP contribution in [0.3, 0.4) is 0 Å². The van der Waals surface area contributed by atoms with Crippen molar-refractivity contribution in [2.75, 3.05) is 33.4 Å². The molecule has 1 aliphatic rings. The molecule has 5 heteroatoms. The van der Waals surface area contributed by atoms with E-state index in [2.05, 4.69) is 17.1 Å². The molecule has 2 rings (SSSR count). The maximum atomic E-state index is 13.9. The van der Waals surface area contributed by atoms with Crippen molar-refractivity contribution in [1.82, 2.24) is 10.2 Å². The summed E-state index contributed by atoms with van der Waals surface area (Å²) in [4.78, 5) is 2.38. The van der Waals surface area contributed by atoms with Crippen LogP contribution in [-0.2, 0) is 4.74 Å². The first-order chi connectivity index (χ1) is 10.2. The normalized spacial score (nSPS) is 21.4. The van der Waals surface area contributed by atoms with Gasteiger partial charge in [-0.3, -0.25) is 4.90 Å². The molecule has 21 heavy (non-hydrogen) atoms. The summed E-state index contributed by atoms with van der Waals surface area (Å²) in [7, 11) is 1.78. The lowest BCUT2D eigenvalue weighted by atomic mass is 10.0. The Hall–Kier alpha value is -1.04. The van der Waals surface area contributed by atoms with E-state index in [9.17, 15) is 8.78 Å². The number of morpholine rings is 1. The number of ether oxygens (including phenoxy) is 1. The second-order valence-electron chi connectivity index (χ2n) is 5.45. The average molecular weight is 298 g/mol. The summed E-state index contributed by atoms with van der Waals surface area (Å²) in [6, 6.07) is 4.60. The highest BCUT2D eigenvalue weighted by Crippen LogP contribution is 2.23. The number of nitrogens with zero attached hydrogens (tertiary/aromatic N) is 1. The first-order valence-corrected chi connectivity index (χ1v) is 7.60. The van der Waals surface area contributed by atoms with E-state index in [4.69, 9.17) is 4.74 Å². The summed E-state index contributed by atoms with van der Waals surface area (Å²) >= 11 is 0. The molecule has 2 atom stereocenters. The third-order valence-electron chi connectivity index (χ3n) is 4.23. The van der Waals surface area contributed by atoms with Gasteiger partial charge in [0.25, 0.3) is 0 Å². The molecule has 1 heterocycles. The molecule has 3 nitrogen and oxygen atoms in total. The van der Waals surface area contributed by atoms with Crippen molar-refractivity contribution in [3.63, 3.8) is 0 Å². The highest BCUT2D eigenvalue weighted by Gasteiger charge is 2.23. The van der Waals surface area contributed by atoms with E-state index in [1.54, 1.807) is 19.2 Å². The van der Waals surface area contributed by atoms with Crippen LogP contribution in [0.5, 0.6) is 0 Å². The molecule has 0 spiro atoms. The van der Waals surface area contributed by atoms with Crippen molar-refractivity contribution < 1.29 is 13.5 Å². The molecule has 118 valence electrons. The van der Waals surface area contributed by atoms with Crippen LogP contribution in [0.4, 0.5) is 8.78 Å². The minimum Gasteiger partial charge on any atom is -0.378 e. The monoisotopic (exact) mass is 298 g/mol. The molecule has 1 aromatic rings. The minimum atomic E-state index is -0.787. The van der Waals surface area contributed by atoms with E-state index in [-0.39, 0.29) is 6.04 Å². The fraction of sp³-hybridized carbons (Fsp3) is 0.625. The van der Waals surface area contributed by atoms with Gasteiger partial charge in [-0.15, -0.1) is 0 Å². The van der Waals surface area contributed by atoms with Crippen LogP contribution in [0, 0.1) is 11.6 Å². The van der Waals surface area contributed by atoms with Crippen molar-refractivity contribution >= 4 is 0 Å². The molecular weight excluding hydrogens is 274 g/mol. The van der Waals surface area contributed by atoms with Gasteiger partial charge in [0, 0.05) is 30.7 Å². The number of rotatable bonds is 6. The van der Waals surface area contributed by atoms with Gasteiger partial charge in [0.1, 0.15) is 0 Å². The van der Waals surface area contributed by atoms with E-state index >= 15 is 0 Å². The Bertz CT molecular complexity index is 456. The lowest BCUT2D eigenvalue weighted by Gasteiger charge is -2.35. The van der Waals surface area contributed by atoms with Gasteiger partial charge in [-0.05, 0) is 26.0 Å². The van der Waals surface area contributed by atoms with Crippen molar-refractivity contribution in [1.29, 1.82) is 0 Å². The van der Waals surface area contributed by atoms with Gasteiger partial charge in [0.05, 0.1) is 13.2 Å². The summed E-state index contributed by atoms with van der Waals surface area (Å²) in [5, 5.41) is 3.09. The van der Waals surface area contributed by atoms with Gasteiger partial charge in [0.15, 0.2) is 11.6 Å². The minimum absolute atomic E-state index is 0.180. The van der Waals surface area contributed by atoms with Gasteiger partial charge in [0.2, 0.25) is 0 Å². The van der Waals surface area contributed by atoms with E-state index in [1.165, 1.54) is 0 Å². The standard InChI is InChI=1S/C16H24F2N2O/c1-3-12-11-21-10-9-20(12)8-7-15(19-2)13-5-4-6-14(17)16(13)18/h4-6,12,15,19H,3,7-11H2,1-2H3. The van der Waals surface area contributed by atoms with Gasteiger partial charge < -0.3 is 10.1 Å². The van der Waals surface area contributed by atoms with Crippen molar-refractivity contribution in [2.45, 2.75) is 31.8 Å². The molecule has 0 saturated carbocycles. The molecule has 1 aromatic carbocycles. The molecule has 1 fully saturated rings. The fourth-order valence-corrected chi connectivity index (χ4v) is 2.90. The van der Waals surface area contributed by atoms with Crippen LogP contribution in [0.2, 0.25) is 0 Å². The first-order valence-electron chi connectivity index (χ1n) is 7.60. The first kappa shape index (κ1) is 16.3. The Kier molecular flexibility index (Phi) is 6.08. The van der Waals surface area contributed by atoms with Crippen molar-refractivity contribution in [3.8, 4) is 0 Å². The number of hydrogen-bond acceptors (Lipinski definition) is 3. The largest absolute Gasteiger partial charge is 0.378 e. The van der Waals surface area contributed by atoms with Crippen molar-refractivity contribution in [2.24, 2.45) is 0 Å². The highest BCUT2D eigenvalue weighted by molar-refractivity contribution is 5.22. The van der Waals surface area contributed by atoms with E-state index in [0.717, 1.165) is 45.2 Å². The summed E-state index contributed by atoms with van der Waals surface area (Å²) in [5.74, 6) is -1.53. The van der Waals surface area contributed by atoms with E-state index < -0.39 is 11.6 Å². The van der Waals surface area contributed by atoms with Gasteiger partial charge >= 0.3 is 0 Å². The second-order valence-corrected chi connectivity index (χ2v) is 5.45. The molecule has 1 saturated heterocycles. The lowest BCUT2D eigenvalue weighted by molar-refractivity contribution is -0.0100. The molecule has 0 bridgehead atoms. The molecule has 1 N–H and O–H groups in total. The Morgan fingerprint density at radius 1 is 1.43 bits per heavy atom. The van der Waals surface area contributed by atoms with E-state index in [0.29, 0.717) is 11.6 Å². The summed E-state index contributed by atoms with van der Waals surface area (Å²) in [6.45, 7) is 5.40. The molecule has 0 aliphatic carbocycles. The average Bonchev–Trinajstić information content (AvgIpc) is 2.52. The van der Waals surface area contributed by atoms with Crippen LogP contribution in [0.15, 0.2) is 18.2 Å². The van der Waals surface area contributed by atoms with Crippen molar-refractivity contribution in [3.05, 3.63) is 35.4 Å². The van der Waals surface area contributed by atoms with Gasteiger partial charge in [-0.2, -0.15) is 0 Å². The molecule has 0 aromatic heterocycles. The zero-order valence-electron chi connectivity index (χ0n) is 12.7. The quantitative estimate of drug-likeness (QED) is 0.874. The smallest absolute Gasteiger partial charge is 0.163 e. The maximum Gasteiger partial charge on any atom is 0.163 e. The Labute approximate surface area is 125 Å². The number of halogens is 2. The second kappa shape index (κ2) is 7.82. The maximum absolute atomic E-state index is 13.9. The van der Waals surface area contributed by atoms with Crippen LogP contribution in [-0.4, -0.2) is 44.3 Å². The fourth-order valence-electron chi connectivity index (χ4n) is 2.90. The number of benzene rings is 1. The topological polar surface area (TPSA) is 24.5 Å². The Balaban J connectivity index is 2.00. The number of hydrogen-bond donors (Lipinski definition) is 1. The zero-order chi connectivity index (χ0) is 15.2. The molecule has 0 amide bonds. The summed E-state index contributed by atoms with van der Waals surface area (Å²) in [5.41, 5.74) is 0.402. The Morgan fingerprint density at radius 2 is 2.24 bits per heavy atom. The molecular formula is C16H24F2N2O. The van der Waals surface area contributed by atoms with Gasteiger partial charge in [-0.25, -0.2) is 8.78 Å². The molecule has 2 unspecified atom stereocenters. The highest BCUT2D eigenvalue weighted by atomic mass is 19.2.